The fourth-order valence-corrected chi connectivity index (χ4v) is 1.37. The highest BCUT2D eigenvalue weighted by Gasteiger charge is 2.36. The van der Waals surface area contributed by atoms with Gasteiger partial charge in [-0.15, -0.1) is 0 Å². The molecule has 1 unspecified atom stereocenters. The minimum Gasteiger partial charge on any atom is -0.489 e. The molecule has 0 saturated carbocycles. The zero-order chi connectivity index (χ0) is 9.47. The summed E-state index contributed by atoms with van der Waals surface area (Å²) < 4.78 is 18.8. The average molecular weight is 179 g/mol. The zero-order valence-corrected chi connectivity index (χ0v) is 7.30. The summed E-state index contributed by atoms with van der Waals surface area (Å²) in [7, 11) is 0. The number of alkyl halides is 1. The van der Waals surface area contributed by atoms with Gasteiger partial charge in [0.1, 0.15) is 12.4 Å². The molecule has 3 heteroatoms. The first-order valence-electron chi connectivity index (χ1n) is 4.11. The molecule has 0 amide bonds. The summed E-state index contributed by atoms with van der Waals surface area (Å²) >= 11 is 0. The van der Waals surface area contributed by atoms with Crippen molar-refractivity contribution in [3.63, 3.8) is 0 Å². The summed E-state index contributed by atoms with van der Waals surface area (Å²) in [6.45, 7) is 1.30. The Morgan fingerprint density at radius 2 is 2.15 bits per heavy atom. The lowest BCUT2D eigenvalue weighted by molar-refractivity contribution is 0.153. The van der Waals surface area contributed by atoms with Crippen molar-refractivity contribution in [1.82, 2.24) is 0 Å². The molecule has 2 nitrogen and oxygen atoms in total. The van der Waals surface area contributed by atoms with Crippen LogP contribution in [0.15, 0.2) is 24.3 Å². The standard InChI is InChI=1S/C10H10FNO/c1-10(11)6-13-8-5-3-2-4-7(8)9(10)12/h2-5,12H,6H2,1H3. The van der Waals surface area contributed by atoms with Crippen LogP contribution in [0.4, 0.5) is 4.39 Å². The van der Waals surface area contributed by atoms with Gasteiger partial charge >= 0.3 is 0 Å². The highest BCUT2D eigenvalue weighted by molar-refractivity contribution is 6.07. The molecule has 1 aromatic rings. The summed E-state index contributed by atoms with van der Waals surface area (Å²) in [6, 6.07) is 7.04. The largest absolute Gasteiger partial charge is 0.489 e. The lowest BCUT2D eigenvalue weighted by Gasteiger charge is -2.28. The molecule has 0 saturated heterocycles. The van der Waals surface area contributed by atoms with Crippen molar-refractivity contribution in [2.24, 2.45) is 0 Å². The molecule has 0 spiro atoms. The molecule has 0 radical (unpaired) electrons. The van der Waals surface area contributed by atoms with E-state index in [2.05, 4.69) is 0 Å². The maximum atomic E-state index is 13.6. The average Bonchev–Trinajstić information content (AvgIpc) is 2.13. The summed E-state index contributed by atoms with van der Waals surface area (Å²) in [5.74, 6) is 0.600. The van der Waals surface area contributed by atoms with Gasteiger partial charge in [0.05, 0.1) is 5.71 Å². The summed E-state index contributed by atoms with van der Waals surface area (Å²) in [5.41, 5.74) is -1.10. The number of para-hydroxylation sites is 1. The molecule has 1 aliphatic rings. The second-order valence-corrected chi connectivity index (χ2v) is 3.36. The molecular weight excluding hydrogens is 169 g/mol. The molecule has 1 aromatic carbocycles. The third-order valence-electron chi connectivity index (χ3n) is 2.18. The van der Waals surface area contributed by atoms with E-state index in [1.807, 2.05) is 6.07 Å². The van der Waals surface area contributed by atoms with E-state index in [-0.39, 0.29) is 12.3 Å². The van der Waals surface area contributed by atoms with Crippen molar-refractivity contribution in [3.8, 4) is 5.75 Å². The van der Waals surface area contributed by atoms with Crippen LogP contribution in [0.25, 0.3) is 0 Å². The first-order chi connectivity index (χ1) is 6.11. The van der Waals surface area contributed by atoms with Crippen LogP contribution in [-0.4, -0.2) is 18.0 Å². The van der Waals surface area contributed by atoms with E-state index in [1.54, 1.807) is 18.2 Å². The minimum atomic E-state index is -1.66. The molecule has 0 fully saturated rings. The van der Waals surface area contributed by atoms with Crippen LogP contribution in [0, 0.1) is 5.41 Å². The van der Waals surface area contributed by atoms with Crippen LogP contribution >= 0.6 is 0 Å². The van der Waals surface area contributed by atoms with Crippen molar-refractivity contribution in [2.75, 3.05) is 6.61 Å². The van der Waals surface area contributed by atoms with Gasteiger partial charge in [-0.05, 0) is 19.1 Å². The van der Waals surface area contributed by atoms with Crippen LogP contribution in [0.2, 0.25) is 0 Å². The first-order valence-corrected chi connectivity index (χ1v) is 4.11. The number of rotatable bonds is 0. The lowest BCUT2D eigenvalue weighted by atomic mass is 9.93. The monoisotopic (exact) mass is 179 g/mol. The molecule has 1 heterocycles. The third kappa shape index (κ3) is 1.20. The normalized spacial score (nSPS) is 26.5. The lowest BCUT2D eigenvalue weighted by Crippen LogP contribution is -2.40. The molecule has 1 aliphatic heterocycles. The van der Waals surface area contributed by atoms with Gasteiger partial charge in [-0.2, -0.15) is 0 Å². The first kappa shape index (κ1) is 8.23. The van der Waals surface area contributed by atoms with Crippen molar-refractivity contribution in [1.29, 1.82) is 5.41 Å². The summed E-state index contributed by atoms with van der Waals surface area (Å²) in [4.78, 5) is 0. The Bertz CT molecular complexity index is 360. The molecule has 1 atom stereocenters. The SMILES string of the molecule is CC1(F)COc2ccccc2C1=N. The second kappa shape index (κ2) is 2.55. The van der Waals surface area contributed by atoms with E-state index < -0.39 is 5.67 Å². The minimum absolute atomic E-state index is 0.00866. The summed E-state index contributed by atoms with van der Waals surface area (Å²) in [5, 5.41) is 7.62. The van der Waals surface area contributed by atoms with E-state index in [4.69, 9.17) is 10.1 Å². The molecule has 2 rings (SSSR count). The Kier molecular flexibility index (Phi) is 1.62. The summed E-state index contributed by atoms with van der Waals surface area (Å²) in [6.07, 6.45) is 0. The Morgan fingerprint density at radius 3 is 2.92 bits per heavy atom. The molecule has 0 bridgehead atoms. The number of nitrogens with one attached hydrogen (secondary N) is 1. The van der Waals surface area contributed by atoms with E-state index in [1.165, 1.54) is 6.92 Å². The van der Waals surface area contributed by atoms with Crippen LogP contribution in [0.1, 0.15) is 12.5 Å². The van der Waals surface area contributed by atoms with E-state index >= 15 is 0 Å². The van der Waals surface area contributed by atoms with Crippen LogP contribution in [-0.2, 0) is 0 Å². The fraction of sp³-hybridized carbons (Fsp3) is 0.300. The highest BCUT2D eigenvalue weighted by atomic mass is 19.1. The van der Waals surface area contributed by atoms with Gasteiger partial charge in [-0.3, -0.25) is 0 Å². The fourth-order valence-electron chi connectivity index (χ4n) is 1.37. The van der Waals surface area contributed by atoms with Gasteiger partial charge in [0, 0.05) is 5.56 Å². The van der Waals surface area contributed by atoms with E-state index in [0.29, 0.717) is 11.3 Å². The van der Waals surface area contributed by atoms with Gasteiger partial charge < -0.3 is 10.1 Å². The van der Waals surface area contributed by atoms with Crippen molar-refractivity contribution >= 4 is 5.71 Å². The van der Waals surface area contributed by atoms with Crippen molar-refractivity contribution in [2.45, 2.75) is 12.6 Å². The zero-order valence-electron chi connectivity index (χ0n) is 7.30. The van der Waals surface area contributed by atoms with Crippen LogP contribution in [0.5, 0.6) is 5.75 Å². The van der Waals surface area contributed by atoms with Crippen LogP contribution in [0.3, 0.4) is 0 Å². The third-order valence-corrected chi connectivity index (χ3v) is 2.18. The molecule has 68 valence electrons. The number of hydrogen-bond acceptors (Lipinski definition) is 2. The van der Waals surface area contributed by atoms with Gasteiger partial charge in [-0.1, -0.05) is 12.1 Å². The number of benzene rings is 1. The van der Waals surface area contributed by atoms with Gasteiger partial charge in [0.25, 0.3) is 0 Å². The number of fused-ring (bicyclic) bond motifs is 1. The Labute approximate surface area is 75.8 Å². The maximum absolute atomic E-state index is 13.6. The number of halogens is 1. The topological polar surface area (TPSA) is 33.1 Å². The maximum Gasteiger partial charge on any atom is 0.183 e. The molecule has 1 N–H and O–H groups in total. The predicted octanol–water partition coefficient (Wildman–Crippen LogP) is 2.18. The van der Waals surface area contributed by atoms with Gasteiger partial charge in [0.15, 0.2) is 5.67 Å². The van der Waals surface area contributed by atoms with Crippen molar-refractivity contribution in [3.05, 3.63) is 29.8 Å². The molecular formula is C10H10FNO. The quantitative estimate of drug-likeness (QED) is 0.650. The smallest absolute Gasteiger partial charge is 0.183 e. The van der Waals surface area contributed by atoms with Crippen LogP contribution < -0.4 is 4.74 Å². The van der Waals surface area contributed by atoms with E-state index in [0.717, 1.165) is 0 Å². The van der Waals surface area contributed by atoms with E-state index in [9.17, 15) is 4.39 Å². The molecule has 0 aromatic heterocycles. The number of ether oxygens (including phenoxy) is 1. The Balaban J connectivity index is 2.52. The predicted molar refractivity (Wildman–Crippen MR) is 48.3 cm³/mol. The molecule has 13 heavy (non-hydrogen) atoms. The number of hydrogen-bond donors (Lipinski definition) is 1. The molecule has 0 aliphatic carbocycles. The van der Waals surface area contributed by atoms with Gasteiger partial charge in [-0.25, -0.2) is 4.39 Å². The van der Waals surface area contributed by atoms with Crippen molar-refractivity contribution < 1.29 is 9.13 Å². The Hall–Kier alpha value is -1.38. The highest BCUT2D eigenvalue weighted by Crippen LogP contribution is 2.30. The van der Waals surface area contributed by atoms with Gasteiger partial charge in [0.2, 0.25) is 0 Å². The Morgan fingerprint density at radius 1 is 1.46 bits per heavy atom. The second-order valence-electron chi connectivity index (χ2n) is 3.36.